The van der Waals surface area contributed by atoms with Crippen LogP contribution in [0.3, 0.4) is 0 Å². The molecule has 0 radical (unpaired) electrons. The predicted octanol–water partition coefficient (Wildman–Crippen LogP) is 2.53. The minimum Gasteiger partial charge on any atom is -0.396 e. The maximum absolute atomic E-state index is 13.3. The number of nitrogen functional groups attached to an aromatic ring is 1. The van der Waals surface area contributed by atoms with Crippen molar-refractivity contribution in [2.45, 2.75) is 20.3 Å². The molecule has 1 aliphatic rings. The molecule has 1 aliphatic heterocycles. The summed E-state index contributed by atoms with van der Waals surface area (Å²) in [6, 6.07) is 4.25. The quantitative estimate of drug-likeness (QED) is 0.778. The maximum Gasteiger partial charge on any atom is 0.253 e. The molecule has 2 rings (SSSR count). The van der Waals surface area contributed by atoms with Gasteiger partial charge in [-0.25, -0.2) is 4.39 Å². The molecule has 1 amide bonds. The molecular formula is C14H19FN2O. The molecule has 3 nitrogen and oxygen atoms in total. The minimum atomic E-state index is -0.528. The summed E-state index contributed by atoms with van der Waals surface area (Å²) in [5.41, 5.74) is 5.86. The zero-order valence-electron chi connectivity index (χ0n) is 10.8. The first-order valence-corrected chi connectivity index (χ1v) is 6.33. The molecular weight excluding hydrogens is 231 g/mol. The highest BCUT2D eigenvalue weighted by Crippen LogP contribution is 2.24. The third-order valence-corrected chi connectivity index (χ3v) is 3.87. The summed E-state index contributed by atoms with van der Waals surface area (Å²) in [5, 5.41) is 0. The van der Waals surface area contributed by atoms with Crippen LogP contribution in [0.1, 0.15) is 30.6 Å². The van der Waals surface area contributed by atoms with E-state index in [-0.39, 0.29) is 11.6 Å². The van der Waals surface area contributed by atoms with E-state index in [9.17, 15) is 9.18 Å². The molecule has 0 saturated carbocycles. The molecule has 4 heteroatoms. The van der Waals surface area contributed by atoms with E-state index in [1.54, 1.807) is 11.0 Å². The number of likely N-dealkylation sites (tertiary alicyclic amines) is 1. The molecule has 2 unspecified atom stereocenters. The zero-order valence-corrected chi connectivity index (χ0v) is 10.8. The smallest absolute Gasteiger partial charge is 0.253 e. The summed E-state index contributed by atoms with van der Waals surface area (Å²) < 4.78 is 13.3. The highest BCUT2D eigenvalue weighted by Gasteiger charge is 2.26. The number of halogens is 1. The Morgan fingerprint density at radius 1 is 1.39 bits per heavy atom. The van der Waals surface area contributed by atoms with Crippen molar-refractivity contribution in [1.82, 2.24) is 4.90 Å². The fraction of sp³-hybridized carbons (Fsp3) is 0.500. The summed E-state index contributed by atoms with van der Waals surface area (Å²) in [5.74, 6) is 0.491. The Morgan fingerprint density at radius 2 is 2.11 bits per heavy atom. The second-order valence-electron chi connectivity index (χ2n) is 5.23. The van der Waals surface area contributed by atoms with E-state index < -0.39 is 5.82 Å². The Balaban J connectivity index is 2.14. The molecule has 18 heavy (non-hydrogen) atoms. The molecule has 1 saturated heterocycles. The summed E-state index contributed by atoms with van der Waals surface area (Å²) in [7, 11) is 0. The van der Waals surface area contributed by atoms with Crippen LogP contribution in [-0.4, -0.2) is 23.9 Å². The molecule has 2 N–H and O–H groups in total. The highest BCUT2D eigenvalue weighted by atomic mass is 19.1. The molecule has 1 heterocycles. The Labute approximate surface area is 107 Å². The van der Waals surface area contributed by atoms with Crippen LogP contribution in [-0.2, 0) is 0 Å². The zero-order chi connectivity index (χ0) is 13.3. The minimum absolute atomic E-state index is 0.0761. The number of rotatable bonds is 1. The maximum atomic E-state index is 13.3. The van der Waals surface area contributed by atoms with Crippen molar-refractivity contribution in [3.05, 3.63) is 29.6 Å². The number of hydrogen-bond acceptors (Lipinski definition) is 2. The van der Waals surface area contributed by atoms with Crippen molar-refractivity contribution in [2.75, 3.05) is 18.8 Å². The van der Waals surface area contributed by atoms with Gasteiger partial charge in [0.25, 0.3) is 5.91 Å². The van der Waals surface area contributed by atoms with E-state index in [1.165, 1.54) is 12.1 Å². The van der Waals surface area contributed by atoms with Gasteiger partial charge in [-0.15, -0.1) is 0 Å². The Bertz CT molecular complexity index is 461. The van der Waals surface area contributed by atoms with Gasteiger partial charge < -0.3 is 10.6 Å². The van der Waals surface area contributed by atoms with Crippen LogP contribution in [0.2, 0.25) is 0 Å². The largest absolute Gasteiger partial charge is 0.396 e. The van der Waals surface area contributed by atoms with Gasteiger partial charge in [0.15, 0.2) is 0 Å². The van der Waals surface area contributed by atoms with Gasteiger partial charge >= 0.3 is 0 Å². The molecule has 0 aromatic heterocycles. The van der Waals surface area contributed by atoms with Gasteiger partial charge in [-0.2, -0.15) is 0 Å². The second kappa shape index (κ2) is 4.96. The number of carbonyl (C=O) groups is 1. The van der Waals surface area contributed by atoms with Gasteiger partial charge in [-0.3, -0.25) is 4.79 Å². The van der Waals surface area contributed by atoms with Crippen LogP contribution in [0, 0.1) is 17.7 Å². The van der Waals surface area contributed by atoms with E-state index in [0.29, 0.717) is 17.4 Å². The first-order chi connectivity index (χ1) is 8.49. The number of piperidine rings is 1. The van der Waals surface area contributed by atoms with E-state index in [4.69, 9.17) is 5.73 Å². The number of nitrogens with two attached hydrogens (primary N) is 1. The van der Waals surface area contributed by atoms with Crippen LogP contribution >= 0.6 is 0 Å². The normalized spacial score (nSPS) is 24.1. The Kier molecular flexibility index (Phi) is 3.55. The summed E-state index contributed by atoms with van der Waals surface area (Å²) in [6.45, 7) is 5.84. The van der Waals surface area contributed by atoms with E-state index in [0.717, 1.165) is 19.5 Å². The lowest BCUT2D eigenvalue weighted by Crippen LogP contribution is -2.42. The van der Waals surface area contributed by atoms with Crippen molar-refractivity contribution in [3.63, 3.8) is 0 Å². The standard InChI is InChI=1S/C14H19FN2O/c1-9-5-6-17(8-10(9)2)14(18)11-3-4-13(16)12(15)7-11/h3-4,7,9-10H,5-6,8,16H2,1-2H3. The number of amides is 1. The van der Waals surface area contributed by atoms with Gasteiger partial charge in [-0.05, 0) is 36.5 Å². The van der Waals surface area contributed by atoms with Crippen molar-refractivity contribution >= 4 is 11.6 Å². The van der Waals surface area contributed by atoms with Crippen LogP contribution < -0.4 is 5.73 Å². The van der Waals surface area contributed by atoms with Gasteiger partial charge in [0.05, 0.1) is 5.69 Å². The molecule has 1 fully saturated rings. The average molecular weight is 250 g/mol. The number of anilines is 1. The topological polar surface area (TPSA) is 46.3 Å². The van der Waals surface area contributed by atoms with E-state index >= 15 is 0 Å². The van der Waals surface area contributed by atoms with Crippen LogP contribution in [0.15, 0.2) is 18.2 Å². The third-order valence-electron chi connectivity index (χ3n) is 3.87. The first kappa shape index (κ1) is 12.9. The van der Waals surface area contributed by atoms with Gasteiger partial charge in [0.2, 0.25) is 0 Å². The number of hydrogen-bond donors (Lipinski definition) is 1. The number of carbonyl (C=O) groups excluding carboxylic acids is 1. The fourth-order valence-electron chi connectivity index (χ4n) is 2.29. The van der Waals surface area contributed by atoms with E-state index in [1.807, 2.05) is 0 Å². The molecule has 98 valence electrons. The van der Waals surface area contributed by atoms with Gasteiger partial charge in [0.1, 0.15) is 5.82 Å². The SMILES string of the molecule is CC1CCN(C(=O)c2ccc(N)c(F)c2)CC1C. The van der Waals surface area contributed by atoms with Crippen LogP contribution in [0.4, 0.5) is 10.1 Å². The average Bonchev–Trinajstić information content (AvgIpc) is 2.35. The molecule has 1 aromatic carbocycles. The van der Waals surface area contributed by atoms with Crippen molar-refractivity contribution in [2.24, 2.45) is 11.8 Å². The molecule has 0 aliphatic carbocycles. The van der Waals surface area contributed by atoms with Crippen molar-refractivity contribution < 1.29 is 9.18 Å². The number of benzene rings is 1. The molecule has 0 bridgehead atoms. The lowest BCUT2D eigenvalue weighted by atomic mass is 9.88. The van der Waals surface area contributed by atoms with Gasteiger partial charge in [0, 0.05) is 18.7 Å². The number of nitrogens with zero attached hydrogens (tertiary/aromatic N) is 1. The monoisotopic (exact) mass is 250 g/mol. The summed E-state index contributed by atoms with van der Waals surface area (Å²) >= 11 is 0. The summed E-state index contributed by atoms with van der Waals surface area (Å²) in [6.07, 6.45) is 1.00. The highest BCUT2D eigenvalue weighted by molar-refractivity contribution is 5.94. The fourth-order valence-corrected chi connectivity index (χ4v) is 2.29. The van der Waals surface area contributed by atoms with E-state index in [2.05, 4.69) is 13.8 Å². The Morgan fingerprint density at radius 3 is 2.72 bits per heavy atom. The summed E-state index contributed by atoms with van der Waals surface area (Å²) in [4.78, 5) is 14.0. The molecule has 0 spiro atoms. The van der Waals surface area contributed by atoms with Crippen LogP contribution in [0.25, 0.3) is 0 Å². The molecule has 1 aromatic rings. The molecule has 2 atom stereocenters. The predicted molar refractivity (Wildman–Crippen MR) is 69.7 cm³/mol. The third kappa shape index (κ3) is 2.47. The first-order valence-electron chi connectivity index (χ1n) is 6.33. The lowest BCUT2D eigenvalue weighted by Gasteiger charge is -2.35. The van der Waals surface area contributed by atoms with Crippen molar-refractivity contribution in [1.29, 1.82) is 0 Å². The van der Waals surface area contributed by atoms with Gasteiger partial charge in [-0.1, -0.05) is 13.8 Å². The Hall–Kier alpha value is -1.58. The van der Waals surface area contributed by atoms with Crippen molar-refractivity contribution in [3.8, 4) is 0 Å². The second-order valence-corrected chi connectivity index (χ2v) is 5.23. The lowest BCUT2D eigenvalue weighted by molar-refractivity contribution is 0.0627. The van der Waals surface area contributed by atoms with Crippen LogP contribution in [0.5, 0.6) is 0 Å².